The molecule has 1 saturated heterocycles. The van der Waals surface area contributed by atoms with Gasteiger partial charge in [-0.15, -0.1) is 0 Å². The largest absolute Gasteiger partial charge is 0.387 e. The molecule has 174 valence electrons. The van der Waals surface area contributed by atoms with Gasteiger partial charge in [0.15, 0.2) is 6.23 Å². The van der Waals surface area contributed by atoms with Gasteiger partial charge in [0.1, 0.15) is 18.3 Å². The first-order valence-electron chi connectivity index (χ1n) is 9.85. The number of hydrogen-bond acceptors (Lipinski definition) is 10. The van der Waals surface area contributed by atoms with Crippen LogP contribution < -0.4 is 11.2 Å². The van der Waals surface area contributed by atoms with Crippen LogP contribution in [0.3, 0.4) is 0 Å². The Kier molecular flexibility index (Phi) is 7.05. The molecule has 33 heavy (non-hydrogen) atoms. The lowest BCUT2D eigenvalue weighted by Crippen LogP contribution is -2.43. The number of nitrogens with zero attached hydrogens (tertiary/aromatic N) is 4. The summed E-state index contributed by atoms with van der Waals surface area (Å²) in [6, 6.07) is 8.32. The Labute approximate surface area is 188 Å². The van der Waals surface area contributed by atoms with Crippen LogP contribution in [-0.4, -0.2) is 64.0 Å². The Hall–Kier alpha value is -2.83. The molecule has 0 aromatic carbocycles. The average Bonchev–Trinajstić information content (AvgIpc) is 3.10. The van der Waals surface area contributed by atoms with Gasteiger partial charge in [0.25, 0.3) is 5.56 Å². The molecule has 3 aromatic heterocycles. The van der Waals surface area contributed by atoms with Gasteiger partial charge < -0.3 is 29.3 Å². The molecular weight excluding hydrogens is 455 g/mol. The van der Waals surface area contributed by atoms with Crippen LogP contribution in [0.1, 0.15) is 11.9 Å². The zero-order valence-corrected chi connectivity index (χ0v) is 18.0. The predicted molar refractivity (Wildman–Crippen MR) is 115 cm³/mol. The number of pyridine rings is 2. The second kappa shape index (κ2) is 9.98. The molecule has 1 aliphatic heterocycles. The Balaban J connectivity index is 1.61. The fourth-order valence-corrected chi connectivity index (χ4v) is 3.83. The molecule has 4 unspecified atom stereocenters. The summed E-state index contributed by atoms with van der Waals surface area (Å²) in [6.45, 7) is -0.545. The van der Waals surface area contributed by atoms with Crippen LogP contribution >= 0.6 is 8.60 Å². The van der Waals surface area contributed by atoms with Gasteiger partial charge in [-0.3, -0.25) is 23.9 Å². The molecule has 4 heterocycles. The summed E-state index contributed by atoms with van der Waals surface area (Å²) in [5.74, 6) is 0. The van der Waals surface area contributed by atoms with Gasteiger partial charge in [-0.05, 0) is 23.8 Å². The molecule has 0 saturated carbocycles. The van der Waals surface area contributed by atoms with Crippen LogP contribution in [0.15, 0.2) is 64.7 Å². The fraction of sp³-hybridized carbons (Fsp3) is 0.300. The second-order valence-electron chi connectivity index (χ2n) is 7.30. The quantitative estimate of drug-likeness (QED) is 0.322. The van der Waals surface area contributed by atoms with E-state index in [0.717, 1.165) is 32.5 Å². The highest BCUT2D eigenvalue weighted by atomic mass is 31.2. The van der Waals surface area contributed by atoms with Crippen molar-refractivity contribution in [3.63, 3.8) is 0 Å². The van der Waals surface area contributed by atoms with Crippen LogP contribution in [0.25, 0.3) is 11.1 Å². The molecule has 4 atom stereocenters. The van der Waals surface area contributed by atoms with Crippen molar-refractivity contribution in [1.29, 1.82) is 0 Å². The number of hydrogen-bond donors (Lipinski definition) is 4. The van der Waals surface area contributed by atoms with Crippen molar-refractivity contribution in [3.8, 4) is 11.1 Å². The first-order valence-corrected chi connectivity index (χ1v) is 11.0. The first kappa shape index (κ1) is 23.3. The van der Waals surface area contributed by atoms with Gasteiger partial charge in [-0.25, -0.2) is 4.79 Å². The molecule has 3 aromatic rings. The summed E-state index contributed by atoms with van der Waals surface area (Å²) in [5, 5.41) is 20.5. The molecule has 4 rings (SSSR count). The molecule has 0 radical (unpaired) electrons. The SMILES string of the molecule is O=c1ccn(C2OC(COP(O)O)C(O)C2O)c(=O)n1Cc1cc(-c2cccnc2)ccn1. The highest BCUT2D eigenvalue weighted by Crippen LogP contribution is 2.32. The van der Waals surface area contributed by atoms with E-state index in [1.165, 1.54) is 0 Å². The lowest BCUT2D eigenvalue weighted by Gasteiger charge is -2.18. The Morgan fingerprint density at radius 3 is 2.64 bits per heavy atom. The number of aliphatic hydroxyl groups excluding tert-OH is 2. The maximum absolute atomic E-state index is 13.1. The summed E-state index contributed by atoms with van der Waals surface area (Å²) in [5.41, 5.74) is 0.750. The highest BCUT2D eigenvalue weighted by molar-refractivity contribution is 7.39. The fourth-order valence-electron chi connectivity index (χ4n) is 3.55. The van der Waals surface area contributed by atoms with E-state index < -0.39 is 51.0 Å². The standard InChI is InChI=1S/C20H21N4O8P/c25-16-4-7-23(19-18(27)17(26)15(32-19)11-31-33(29)30)20(28)24(16)10-14-8-12(3-6-22-14)13-2-1-5-21-9-13/h1-9,15,17-19,26-27,29-30H,10-11H2. The van der Waals surface area contributed by atoms with Crippen LogP contribution in [-0.2, 0) is 15.8 Å². The maximum Gasteiger partial charge on any atom is 0.333 e. The van der Waals surface area contributed by atoms with E-state index in [1.807, 2.05) is 6.07 Å². The zero-order chi connectivity index (χ0) is 23.5. The van der Waals surface area contributed by atoms with Crippen LogP contribution in [0, 0.1) is 0 Å². The minimum atomic E-state index is -2.68. The first-order chi connectivity index (χ1) is 15.8. The van der Waals surface area contributed by atoms with Gasteiger partial charge >= 0.3 is 14.3 Å². The zero-order valence-electron chi connectivity index (χ0n) is 17.1. The molecule has 1 fully saturated rings. The van der Waals surface area contributed by atoms with Gasteiger partial charge in [-0.2, -0.15) is 0 Å². The van der Waals surface area contributed by atoms with Crippen LogP contribution in [0.5, 0.6) is 0 Å². The third-order valence-electron chi connectivity index (χ3n) is 5.19. The summed E-state index contributed by atoms with van der Waals surface area (Å²) in [6.07, 6.45) is 0.667. The number of rotatable bonds is 7. The van der Waals surface area contributed by atoms with E-state index in [9.17, 15) is 19.8 Å². The monoisotopic (exact) mass is 476 g/mol. The average molecular weight is 476 g/mol. The number of aromatic nitrogens is 4. The second-order valence-corrected chi connectivity index (χ2v) is 8.07. The Morgan fingerprint density at radius 2 is 1.91 bits per heavy atom. The minimum absolute atomic E-state index is 0.135. The summed E-state index contributed by atoms with van der Waals surface area (Å²) < 4.78 is 12.1. The minimum Gasteiger partial charge on any atom is -0.387 e. The van der Waals surface area contributed by atoms with Gasteiger partial charge in [0.2, 0.25) is 0 Å². The lowest BCUT2D eigenvalue weighted by atomic mass is 10.1. The van der Waals surface area contributed by atoms with E-state index in [-0.39, 0.29) is 6.54 Å². The van der Waals surface area contributed by atoms with Crippen LogP contribution in [0.4, 0.5) is 0 Å². The molecule has 0 amide bonds. The smallest absolute Gasteiger partial charge is 0.333 e. The van der Waals surface area contributed by atoms with Gasteiger partial charge in [0.05, 0.1) is 18.8 Å². The van der Waals surface area contributed by atoms with E-state index >= 15 is 0 Å². The van der Waals surface area contributed by atoms with Gasteiger partial charge in [0, 0.05) is 36.4 Å². The van der Waals surface area contributed by atoms with Crippen molar-refractivity contribution in [1.82, 2.24) is 19.1 Å². The summed E-state index contributed by atoms with van der Waals surface area (Å²) in [7, 11) is -2.68. The Bertz CT molecular complexity index is 1220. The topological polar surface area (TPSA) is 169 Å². The molecule has 13 heteroatoms. The molecule has 4 N–H and O–H groups in total. The molecule has 1 aliphatic rings. The Morgan fingerprint density at radius 1 is 1.09 bits per heavy atom. The van der Waals surface area contributed by atoms with E-state index in [2.05, 4.69) is 14.5 Å². The summed E-state index contributed by atoms with van der Waals surface area (Å²) >= 11 is 0. The van der Waals surface area contributed by atoms with Crippen molar-refractivity contribution >= 4 is 8.60 Å². The predicted octanol–water partition coefficient (Wildman–Crippen LogP) is -0.637. The molecule has 0 spiro atoms. The molecular formula is C20H21N4O8P. The van der Waals surface area contributed by atoms with Crippen LogP contribution in [0.2, 0.25) is 0 Å². The molecule has 0 bridgehead atoms. The lowest BCUT2D eigenvalue weighted by molar-refractivity contribution is -0.0531. The van der Waals surface area contributed by atoms with Crippen molar-refractivity contribution in [2.24, 2.45) is 0 Å². The highest BCUT2D eigenvalue weighted by Gasteiger charge is 2.44. The van der Waals surface area contributed by atoms with Crippen molar-refractivity contribution in [2.45, 2.75) is 31.1 Å². The van der Waals surface area contributed by atoms with Crippen molar-refractivity contribution in [2.75, 3.05) is 6.61 Å². The number of ether oxygens (including phenoxy) is 1. The molecule has 12 nitrogen and oxygen atoms in total. The van der Waals surface area contributed by atoms with Crippen molar-refractivity contribution < 1.29 is 29.3 Å². The normalized spacial score (nSPS) is 22.7. The number of aliphatic hydroxyl groups is 2. The third-order valence-corrected chi connectivity index (χ3v) is 5.57. The molecule has 0 aliphatic carbocycles. The maximum atomic E-state index is 13.1. The van der Waals surface area contributed by atoms with Gasteiger partial charge in [-0.1, -0.05) is 6.07 Å². The van der Waals surface area contributed by atoms with E-state index in [4.69, 9.17) is 14.5 Å². The van der Waals surface area contributed by atoms with E-state index in [1.54, 1.807) is 36.8 Å². The van der Waals surface area contributed by atoms with Crippen molar-refractivity contribution in [3.05, 3.63) is 81.7 Å². The summed E-state index contributed by atoms with van der Waals surface area (Å²) in [4.78, 5) is 51.6. The van der Waals surface area contributed by atoms with E-state index in [0.29, 0.717) is 5.69 Å². The third kappa shape index (κ3) is 5.07.